The Balaban J connectivity index is 1.38. The van der Waals surface area contributed by atoms with E-state index in [4.69, 9.17) is 4.98 Å². The molecule has 4 heterocycles. The summed E-state index contributed by atoms with van der Waals surface area (Å²) in [5.74, 6) is 1.17. The highest BCUT2D eigenvalue weighted by molar-refractivity contribution is 7.89. The first kappa shape index (κ1) is 23.5. The fraction of sp³-hybridized carbons (Fsp3) is 0.375. The van der Waals surface area contributed by atoms with Crippen LogP contribution in [0.2, 0.25) is 0 Å². The van der Waals surface area contributed by atoms with E-state index in [1.165, 1.54) is 12.8 Å². The number of aromatic nitrogens is 5. The number of aryl methyl sites for hydroxylation is 2. The maximum atomic E-state index is 13.0. The molecular formula is C24H30N8O2S. The third-order valence-electron chi connectivity index (χ3n) is 6.10. The third kappa shape index (κ3) is 5.37. The molecule has 1 aliphatic rings. The number of fused-ring (bicyclic) bond motifs is 1. The molecule has 0 atom stereocenters. The number of hydrogen-bond donors (Lipinski definition) is 3. The largest absolute Gasteiger partial charge is 0.308 e. The van der Waals surface area contributed by atoms with Gasteiger partial charge in [0, 0.05) is 36.1 Å². The molecule has 3 aromatic heterocycles. The average molecular weight is 495 g/mol. The van der Waals surface area contributed by atoms with Crippen LogP contribution in [0.3, 0.4) is 0 Å². The summed E-state index contributed by atoms with van der Waals surface area (Å²) in [5, 5.41) is 10.4. The Morgan fingerprint density at radius 3 is 2.69 bits per heavy atom. The van der Waals surface area contributed by atoms with Crippen LogP contribution in [-0.4, -0.2) is 64.1 Å². The molecule has 1 saturated heterocycles. The third-order valence-corrected chi connectivity index (χ3v) is 7.56. The first-order valence-electron chi connectivity index (χ1n) is 11.9. The fourth-order valence-corrected chi connectivity index (χ4v) is 5.48. The Labute approximate surface area is 204 Å². The zero-order valence-electron chi connectivity index (χ0n) is 20.0. The summed E-state index contributed by atoms with van der Waals surface area (Å²) in [7, 11) is -3.63. The van der Waals surface area contributed by atoms with Gasteiger partial charge in [-0.1, -0.05) is 12.1 Å². The minimum absolute atomic E-state index is 0.217. The van der Waals surface area contributed by atoms with Gasteiger partial charge < -0.3 is 10.2 Å². The van der Waals surface area contributed by atoms with Gasteiger partial charge in [-0.2, -0.15) is 5.10 Å². The summed E-state index contributed by atoms with van der Waals surface area (Å²) in [6.07, 6.45) is 5.14. The molecule has 0 spiro atoms. The second-order valence-corrected chi connectivity index (χ2v) is 10.7. The van der Waals surface area contributed by atoms with E-state index in [2.05, 4.69) is 30.1 Å². The minimum atomic E-state index is -3.63. The van der Waals surface area contributed by atoms with E-state index in [0.717, 1.165) is 37.4 Å². The summed E-state index contributed by atoms with van der Waals surface area (Å²) >= 11 is 0. The van der Waals surface area contributed by atoms with Crippen LogP contribution in [0, 0.1) is 13.8 Å². The van der Waals surface area contributed by atoms with Gasteiger partial charge in [0.05, 0.1) is 16.3 Å². The number of sulfonamides is 1. The Morgan fingerprint density at radius 2 is 1.91 bits per heavy atom. The van der Waals surface area contributed by atoms with Gasteiger partial charge in [0.15, 0.2) is 5.82 Å². The van der Waals surface area contributed by atoms with Crippen molar-refractivity contribution in [3.8, 4) is 11.3 Å². The summed E-state index contributed by atoms with van der Waals surface area (Å²) in [5.41, 5.74) is 3.78. The number of benzene rings is 1. The number of rotatable bonds is 9. The van der Waals surface area contributed by atoms with Crippen LogP contribution in [0.4, 0.5) is 11.8 Å². The van der Waals surface area contributed by atoms with Gasteiger partial charge in [0.1, 0.15) is 5.65 Å². The fourth-order valence-electron chi connectivity index (χ4n) is 4.36. The molecule has 11 heteroatoms. The van der Waals surface area contributed by atoms with E-state index < -0.39 is 10.0 Å². The first-order chi connectivity index (χ1) is 16.9. The van der Waals surface area contributed by atoms with Crippen LogP contribution in [0.5, 0.6) is 0 Å². The normalized spacial score (nSPS) is 14.7. The Bertz CT molecular complexity index is 1440. The number of imidazole rings is 1. The zero-order valence-corrected chi connectivity index (χ0v) is 20.8. The molecule has 0 unspecified atom stereocenters. The molecule has 10 nitrogen and oxygen atoms in total. The van der Waals surface area contributed by atoms with Crippen LogP contribution in [0.15, 0.2) is 47.5 Å². The average Bonchev–Trinajstić information content (AvgIpc) is 3.58. The highest BCUT2D eigenvalue weighted by Crippen LogP contribution is 2.26. The summed E-state index contributed by atoms with van der Waals surface area (Å²) in [4.78, 5) is 11.9. The van der Waals surface area contributed by atoms with E-state index in [9.17, 15) is 8.42 Å². The molecule has 0 bridgehead atoms. The van der Waals surface area contributed by atoms with Crippen LogP contribution in [0.25, 0.3) is 16.9 Å². The lowest BCUT2D eigenvalue weighted by atomic mass is 10.1. The molecular weight excluding hydrogens is 464 g/mol. The van der Waals surface area contributed by atoms with Crippen molar-refractivity contribution < 1.29 is 8.42 Å². The van der Waals surface area contributed by atoms with Crippen molar-refractivity contribution in [3.63, 3.8) is 0 Å². The van der Waals surface area contributed by atoms with E-state index in [1.807, 2.05) is 42.6 Å². The Morgan fingerprint density at radius 1 is 1.09 bits per heavy atom. The highest BCUT2D eigenvalue weighted by Gasteiger charge is 2.17. The van der Waals surface area contributed by atoms with Crippen molar-refractivity contribution in [2.24, 2.45) is 0 Å². The number of aromatic amines is 1. The quantitative estimate of drug-likeness (QED) is 0.306. The van der Waals surface area contributed by atoms with Gasteiger partial charge >= 0.3 is 0 Å². The lowest BCUT2D eigenvalue weighted by Gasteiger charge is -2.14. The van der Waals surface area contributed by atoms with Crippen molar-refractivity contribution >= 4 is 27.4 Å². The van der Waals surface area contributed by atoms with E-state index in [1.54, 1.807) is 18.2 Å². The smallest absolute Gasteiger partial charge is 0.240 e. The van der Waals surface area contributed by atoms with Crippen molar-refractivity contribution in [2.75, 3.05) is 31.5 Å². The molecule has 0 aliphatic carbocycles. The van der Waals surface area contributed by atoms with Crippen LogP contribution in [-0.2, 0) is 10.0 Å². The molecule has 184 valence electrons. The maximum Gasteiger partial charge on any atom is 0.240 e. The Kier molecular flexibility index (Phi) is 6.54. The molecule has 4 aromatic rings. The summed E-state index contributed by atoms with van der Waals surface area (Å²) in [6, 6.07) is 10.6. The van der Waals surface area contributed by atoms with Gasteiger partial charge in [-0.15, -0.1) is 0 Å². The topological polar surface area (TPSA) is 120 Å². The monoisotopic (exact) mass is 494 g/mol. The number of hydrogen-bond acceptors (Lipinski definition) is 7. The summed E-state index contributed by atoms with van der Waals surface area (Å²) < 4.78 is 30.5. The second-order valence-electron chi connectivity index (χ2n) is 8.96. The molecule has 3 N–H and O–H groups in total. The number of likely N-dealkylation sites (tertiary alicyclic amines) is 1. The van der Waals surface area contributed by atoms with E-state index >= 15 is 0 Å². The van der Waals surface area contributed by atoms with Gasteiger partial charge in [-0.3, -0.25) is 9.50 Å². The molecule has 0 radical (unpaired) electrons. The van der Waals surface area contributed by atoms with E-state index in [0.29, 0.717) is 35.2 Å². The molecule has 1 fully saturated rings. The lowest BCUT2D eigenvalue weighted by molar-refractivity contribution is 0.334. The van der Waals surface area contributed by atoms with Crippen molar-refractivity contribution in [3.05, 3.63) is 54.0 Å². The standard InChI is InChI=1S/C24H30N8O2S/c1-17-13-22(30-29-17)28-24-27-21(15-23-26-18(2)16-32(23)24)19-7-5-8-20(14-19)35(33,34)25-9-6-12-31-10-3-4-11-31/h5,7-8,13-16,25H,3-4,6,9-12H2,1-2H3,(H2,27,28,29,30). The SMILES string of the molecule is Cc1cn2c(Nc3cc(C)[nH]n3)nc(-c3cccc(S(=O)(=O)NCCCN4CCCC4)c3)cc2n1. The van der Waals surface area contributed by atoms with E-state index in [-0.39, 0.29) is 4.90 Å². The predicted octanol–water partition coefficient (Wildman–Crippen LogP) is 3.24. The van der Waals surface area contributed by atoms with Crippen molar-refractivity contribution in [1.29, 1.82) is 0 Å². The highest BCUT2D eigenvalue weighted by atomic mass is 32.2. The van der Waals surface area contributed by atoms with Crippen molar-refractivity contribution in [1.82, 2.24) is 34.2 Å². The first-order valence-corrected chi connectivity index (χ1v) is 13.3. The molecule has 0 amide bonds. The molecule has 0 saturated carbocycles. The number of nitrogens with zero attached hydrogens (tertiary/aromatic N) is 5. The van der Waals surface area contributed by atoms with Gasteiger partial charge in [-0.05, 0) is 64.9 Å². The van der Waals surface area contributed by atoms with Crippen LogP contribution >= 0.6 is 0 Å². The van der Waals surface area contributed by atoms with Crippen LogP contribution in [0.1, 0.15) is 30.7 Å². The number of H-pyrrole nitrogens is 1. The number of nitrogens with one attached hydrogen (secondary N) is 3. The Hall–Kier alpha value is -3.28. The lowest BCUT2D eigenvalue weighted by Crippen LogP contribution is -2.28. The molecule has 1 aromatic carbocycles. The minimum Gasteiger partial charge on any atom is -0.308 e. The van der Waals surface area contributed by atoms with Crippen LogP contribution < -0.4 is 10.0 Å². The molecule has 35 heavy (non-hydrogen) atoms. The van der Waals surface area contributed by atoms with Crippen molar-refractivity contribution in [2.45, 2.75) is 38.0 Å². The molecule has 5 rings (SSSR count). The maximum absolute atomic E-state index is 13.0. The molecule has 1 aliphatic heterocycles. The van der Waals surface area contributed by atoms with Gasteiger partial charge in [-0.25, -0.2) is 23.1 Å². The number of anilines is 2. The summed E-state index contributed by atoms with van der Waals surface area (Å²) in [6.45, 7) is 7.39. The second kappa shape index (κ2) is 9.76. The zero-order chi connectivity index (χ0) is 24.4. The van der Waals surface area contributed by atoms with Gasteiger partial charge in [0.2, 0.25) is 16.0 Å². The predicted molar refractivity (Wildman–Crippen MR) is 135 cm³/mol. The van der Waals surface area contributed by atoms with Gasteiger partial charge in [0.25, 0.3) is 0 Å².